The fourth-order valence-electron chi connectivity index (χ4n) is 4.45. The Kier molecular flexibility index (Phi) is 4.26. The van der Waals surface area contributed by atoms with E-state index in [0.717, 1.165) is 22.9 Å². The van der Waals surface area contributed by atoms with E-state index in [0.29, 0.717) is 28.0 Å². The Morgan fingerprint density at radius 1 is 0.903 bits per heavy atom. The highest BCUT2D eigenvalue weighted by Gasteiger charge is 2.32. The van der Waals surface area contributed by atoms with E-state index in [-0.39, 0.29) is 11.3 Å². The van der Waals surface area contributed by atoms with Gasteiger partial charge in [0.05, 0.1) is 5.54 Å². The van der Waals surface area contributed by atoms with Gasteiger partial charge < -0.3 is 10.1 Å². The van der Waals surface area contributed by atoms with Gasteiger partial charge >= 0.3 is 0 Å². The van der Waals surface area contributed by atoms with Gasteiger partial charge in [-0.1, -0.05) is 30.3 Å². The van der Waals surface area contributed by atoms with Crippen molar-refractivity contribution in [2.24, 2.45) is 0 Å². The Morgan fingerprint density at radius 2 is 1.68 bits per heavy atom. The average molecular weight is 419 g/mol. The van der Waals surface area contributed by atoms with Crippen molar-refractivity contribution < 1.29 is 17.9 Å². The number of fused-ring (bicyclic) bond motifs is 5. The van der Waals surface area contributed by atoms with Gasteiger partial charge in [0, 0.05) is 34.0 Å². The highest BCUT2D eigenvalue weighted by molar-refractivity contribution is 6.00. The molecule has 0 saturated carbocycles. The third kappa shape index (κ3) is 3.21. The molecule has 1 N–H and O–H groups in total. The molecule has 0 atom stereocenters. The van der Waals surface area contributed by atoms with Crippen LogP contribution in [0.15, 0.2) is 54.6 Å². The SMILES string of the molecule is CC1=CC(C)(C)Nc2ccc3c(c21)C(=Cc1ccccc1F)Oc1c(F)cc(F)cc1-3. The van der Waals surface area contributed by atoms with E-state index in [1.165, 1.54) is 12.1 Å². The summed E-state index contributed by atoms with van der Waals surface area (Å²) < 4.78 is 49.1. The Labute approximate surface area is 178 Å². The van der Waals surface area contributed by atoms with Gasteiger partial charge in [-0.25, -0.2) is 13.2 Å². The predicted molar refractivity (Wildman–Crippen MR) is 118 cm³/mol. The van der Waals surface area contributed by atoms with Crippen LogP contribution >= 0.6 is 0 Å². The zero-order chi connectivity index (χ0) is 21.9. The van der Waals surface area contributed by atoms with Crippen molar-refractivity contribution in [3.63, 3.8) is 0 Å². The lowest BCUT2D eigenvalue weighted by Gasteiger charge is -2.35. The fourth-order valence-corrected chi connectivity index (χ4v) is 4.45. The standard InChI is InChI=1S/C26H20F3NO/c1-14-13-26(2,3)30-21-9-8-17-18-11-16(27)12-20(29)25(18)31-22(24(17)23(14)21)10-15-6-4-5-7-19(15)28/h4-13,30H,1-3H3. The summed E-state index contributed by atoms with van der Waals surface area (Å²) in [6.45, 7) is 6.11. The van der Waals surface area contributed by atoms with Gasteiger partial charge in [0.2, 0.25) is 0 Å². The van der Waals surface area contributed by atoms with Crippen molar-refractivity contribution in [2.75, 3.05) is 5.32 Å². The van der Waals surface area contributed by atoms with Crippen molar-refractivity contribution in [1.82, 2.24) is 0 Å². The van der Waals surface area contributed by atoms with E-state index in [2.05, 4.69) is 25.2 Å². The van der Waals surface area contributed by atoms with E-state index >= 15 is 0 Å². The minimum atomic E-state index is -0.802. The minimum Gasteiger partial charge on any atom is -0.453 e. The maximum atomic E-state index is 14.6. The van der Waals surface area contributed by atoms with Gasteiger partial charge in [-0.05, 0) is 56.2 Å². The van der Waals surface area contributed by atoms with Crippen LogP contribution in [0.4, 0.5) is 18.9 Å². The van der Waals surface area contributed by atoms with Crippen molar-refractivity contribution in [2.45, 2.75) is 26.3 Å². The third-order valence-corrected chi connectivity index (χ3v) is 5.58. The molecule has 0 radical (unpaired) electrons. The van der Waals surface area contributed by atoms with Crippen LogP contribution in [0, 0.1) is 17.5 Å². The fraction of sp³-hybridized carbons (Fsp3) is 0.154. The summed E-state index contributed by atoms with van der Waals surface area (Å²) >= 11 is 0. The quantitative estimate of drug-likeness (QED) is 0.448. The molecule has 2 heterocycles. The molecule has 0 spiro atoms. The summed E-state index contributed by atoms with van der Waals surface area (Å²) in [5, 5.41) is 3.48. The minimum absolute atomic E-state index is 0.0674. The van der Waals surface area contributed by atoms with Gasteiger partial charge in [0.15, 0.2) is 11.6 Å². The van der Waals surface area contributed by atoms with E-state index in [1.54, 1.807) is 24.3 Å². The van der Waals surface area contributed by atoms with Crippen LogP contribution in [0.5, 0.6) is 5.75 Å². The van der Waals surface area contributed by atoms with Gasteiger partial charge in [0.1, 0.15) is 17.4 Å². The number of ether oxygens (including phenoxy) is 1. The number of benzene rings is 3. The van der Waals surface area contributed by atoms with Crippen LogP contribution in [0.2, 0.25) is 0 Å². The second kappa shape index (κ2) is 6.77. The van der Waals surface area contributed by atoms with E-state index in [4.69, 9.17) is 4.74 Å². The topological polar surface area (TPSA) is 21.3 Å². The molecule has 3 aromatic rings. The molecule has 156 valence electrons. The average Bonchev–Trinajstić information content (AvgIpc) is 2.69. The zero-order valence-electron chi connectivity index (χ0n) is 17.3. The molecule has 3 aromatic carbocycles. The van der Waals surface area contributed by atoms with Crippen LogP contribution in [0.25, 0.3) is 28.5 Å². The normalized spacial score (nSPS) is 17.1. The largest absolute Gasteiger partial charge is 0.453 e. The summed E-state index contributed by atoms with van der Waals surface area (Å²) in [6, 6.07) is 12.1. The molecule has 0 bridgehead atoms. The monoisotopic (exact) mass is 419 g/mol. The summed E-state index contributed by atoms with van der Waals surface area (Å²) in [5.74, 6) is -1.66. The molecule has 5 rings (SSSR count). The molecular weight excluding hydrogens is 399 g/mol. The highest BCUT2D eigenvalue weighted by Crippen LogP contribution is 2.50. The Hall–Kier alpha value is -3.47. The molecule has 0 amide bonds. The van der Waals surface area contributed by atoms with Gasteiger partial charge in [-0.15, -0.1) is 0 Å². The molecule has 31 heavy (non-hydrogen) atoms. The van der Waals surface area contributed by atoms with Crippen LogP contribution in [-0.2, 0) is 0 Å². The van der Waals surface area contributed by atoms with Crippen molar-refractivity contribution >= 4 is 23.1 Å². The molecule has 0 aliphatic carbocycles. The first kappa shape index (κ1) is 19.5. The second-order valence-electron chi connectivity index (χ2n) is 8.48. The maximum Gasteiger partial charge on any atom is 0.171 e. The lowest BCUT2D eigenvalue weighted by Crippen LogP contribution is -2.32. The zero-order valence-corrected chi connectivity index (χ0v) is 17.3. The number of rotatable bonds is 1. The Morgan fingerprint density at radius 3 is 2.45 bits per heavy atom. The van der Waals surface area contributed by atoms with Gasteiger partial charge in [0.25, 0.3) is 0 Å². The summed E-state index contributed by atoms with van der Waals surface area (Å²) in [6.07, 6.45) is 3.66. The number of halogens is 3. The molecule has 2 nitrogen and oxygen atoms in total. The lowest BCUT2D eigenvalue weighted by atomic mass is 9.83. The van der Waals surface area contributed by atoms with Crippen molar-refractivity contribution in [3.8, 4) is 16.9 Å². The molecule has 0 saturated heterocycles. The molecule has 5 heteroatoms. The van der Waals surface area contributed by atoms with Crippen LogP contribution < -0.4 is 10.1 Å². The molecule has 2 aliphatic heterocycles. The molecule has 2 aliphatic rings. The van der Waals surface area contributed by atoms with Crippen LogP contribution in [0.3, 0.4) is 0 Å². The predicted octanol–water partition coefficient (Wildman–Crippen LogP) is 7.27. The third-order valence-electron chi connectivity index (χ3n) is 5.58. The Balaban J connectivity index is 1.84. The first-order valence-electron chi connectivity index (χ1n) is 10.0. The lowest BCUT2D eigenvalue weighted by molar-refractivity contribution is 0.460. The van der Waals surface area contributed by atoms with E-state index in [1.807, 2.05) is 19.1 Å². The van der Waals surface area contributed by atoms with Crippen LogP contribution in [-0.4, -0.2) is 5.54 Å². The summed E-state index contributed by atoms with van der Waals surface area (Å²) in [4.78, 5) is 0. The van der Waals surface area contributed by atoms with Crippen LogP contribution in [0.1, 0.15) is 37.5 Å². The van der Waals surface area contributed by atoms with Gasteiger partial charge in [-0.3, -0.25) is 0 Å². The first-order chi connectivity index (χ1) is 14.7. The Bertz CT molecular complexity index is 1300. The number of anilines is 1. The molecule has 0 fully saturated rings. The van der Waals surface area contributed by atoms with Crippen molar-refractivity contribution in [1.29, 1.82) is 0 Å². The maximum absolute atomic E-state index is 14.6. The first-order valence-corrected chi connectivity index (χ1v) is 10.0. The summed E-state index contributed by atoms with van der Waals surface area (Å²) in [5.41, 5.74) is 4.45. The van der Waals surface area contributed by atoms with Crippen molar-refractivity contribution in [3.05, 3.63) is 88.7 Å². The molecular formula is C26H20F3NO. The highest BCUT2D eigenvalue weighted by atomic mass is 19.1. The van der Waals surface area contributed by atoms with E-state index in [9.17, 15) is 13.2 Å². The number of hydrogen-bond acceptors (Lipinski definition) is 2. The number of hydrogen-bond donors (Lipinski definition) is 1. The van der Waals surface area contributed by atoms with Gasteiger partial charge in [-0.2, -0.15) is 0 Å². The smallest absolute Gasteiger partial charge is 0.171 e. The molecule has 0 aromatic heterocycles. The second-order valence-corrected chi connectivity index (χ2v) is 8.48. The van der Waals surface area contributed by atoms with E-state index < -0.39 is 17.5 Å². The number of allylic oxidation sites excluding steroid dienone is 1. The number of nitrogens with one attached hydrogen (secondary N) is 1. The molecule has 0 unspecified atom stereocenters. The summed E-state index contributed by atoms with van der Waals surface area (Å²) in [7, 11) is 0.